The van der Waals surface area contributed by atoms with Crippen LogP contribution >= 0.6 is 43.2 Å². The first-order valence-corrected chi connectivity index (χ1v) is 4.46. The van der Waals surface area contributed by atoms with Gasteiger partial charge in [0.05, 0.1) is 14.1 Å². The van der Waals surface area contributed by atoms with E-state index in [1.807, 2.05) is 0 Å². The standard InChI is InChI=1S/C5HBr2NS/c1-8-3-2-4(6)9-5(3)7/h2H. The lowest BCUT2D eigenvalue weighted by molar-refractivity contribution is 1.90. The van der Waals surface area contributed by atoms with Crippen molar-refractivity contribution in [1.29, 1.82) is 0 Å². The zero-order chi connectivity index (χ0) is 6.85. The van der Waals surface area contributed by atoms with Gasteiger partial charge < -0.3 is 0 Å². The molecule has 0 spiro atoms. The van der Waals surface area contributed by atoms with Gasteiger partial charge in [0.2, 0.25) is 5.69 Å². The van der Waals surface area contributed by atoms with Gasteiger partial charge in [0.25, 0.3) is 0 Å². The minimum Gasteiger partial charge on any atom is -0.236 e. The fourth-order valence-corrected chi connectivity index (χ4v) is 3.04. The summed E-state index contributed by atoms with van der Waals surface area (Å²) in [5.74, 6) is 0. The molecule has 1 aromatic rings. The van der Waals surface area contributed by atoms with Gasteiger partial charge in [-0.25, -0.2) is 4.85 Å². The predicted octanol–water partition coefficient (Wildman–Crippen LogP) is 3.82. The van der Waals surface area contributed by atoms with E-state index in [-0.39, 0.29) is 0 Å². The first-order chi connectivity index (χ1) is 4.24. The van der Waals surface area contributed by atoms with Crippen molar-refractivity contribution in [2.24, 2.45) is 0 Å². The second-order valence-corrected chi connectivity index (χ2v) is 5.07. The van der Waals surface area contributed by atoms with Gasteiger partial charge in [-0.05, 0) is 22.0 Å². The Hall–Kier alpha value is 0.150. The number of rotatable bonds is 0. The minimum atomic E-state index is 0.673. The second-order valence-electron chi connectivity index (χ2n) is 1.32. The third kappa shape index (κ3) is 1.54. The van der Waals surface area contributed by atoms with E-state index in [1.54, 1.807) is 6.07 Å². The van der Waals surface area contributed by atoms with Crippen molar-refractivity contribution in [3.63, 3.8) is 0 Å². The maximum atomic E-state index is 6.68. The largest absolute Gasteiger partial charge is 0.236 e. The number of hydrogen-bond donors (Lipinski definition) is 0. The predicted molar refractivity (Wildman–Crippen MR) is 46.0 cm³/mol. The molecule has 0 radical (unpaired) electrons. The van der Waals surface area contributed by atoms with Crippen LogP contribution in [0.4, 0.5) is 5.69 Å². The van der Waals surface area contributed by atoms with E-state index in [0.29, 0.717) is 5.69 Å². The summed E-state index contributed by atoms with van der Waals surface area (Å²) in [6, 6.07) is 1.79. The molecule has 0 amide bonds. The van der Waals surface area contributed by atoms with Gasteiger partial charge in [-0.15, -0.1) is 11.3 Å². The Kier molecular flexibility index (Phi) is 2.28. The van der Waals surface area contributed by atoms with Crippen molar-refractivity contribution >= 4 is 48.9 Å². The van der Waals surface area contributed by atoms with E-state index in [2.05, 4.69) is 36.7 Å². The van der Waals surface area contributed by atoms with Crippen LogP contribution in [0.25, 0.3) is 4.85 Å². The third-order valence-corrected chi connectivity index (χ3v) is 3.07. The van der Waals surface area contributed by atoms with E-state index in [1.165, 1.54) is 11.3 Å². The monoisotopic (exact) mass is 265 g/mol. The Balaban J connectivity index is 3.20. The molecule has 4 heteroatoms. The molecule has 0 aliphatic rings. The van der Waals surface area contributed by atoms with E-state index >= 15 is 0 Å². The number of thiophene rings is 1. The Morgan fingerprint density at radius 2 is 2.22 bits per heavy atom. The Morgan fingerprint density at radius 1 is 1.56 bits per heavy atom. The van der Waals surface area contributed by atoms with Gasteiger partial charge in [0, 0.05) is 0 Å². The summed E-state index contributed by atoms with van der Waals surface area (Å²) in [6.45, 7) is 6.68. The van der Waals surface area contributed by atoms with Crippen LogP contribution in [0.2, 0.25) is 0 Å². The molecule has 9 heavy (non-hydrogen) atoms. The third-order valence-electron chi connectivity index (χ3n) is 0.759. The molecule has 0 atom stereocenters. The van der Waals surface area contributed by atoms with Gasteiger partial charge in [0.1, 0.15) is 0 Å². The smallest absolute Gasteiger partial charge is 0.212 e. The summed E-state index contributed by atoms with van der Waals surface area (Å²) in [5.41, 5.74) is 0.673. The normalized spacial score (nSPS) is 9.00. The highest BCUT2D eigenvalue weighted by Gasteiger charge is 2.02. The van der Waals surface area contributed by atoms with Crippen LogP contribution in [-0.2, 0) is 0 Å². The number of nitrogens with zero attached hydrogens (tertiary/aromatic N) is 1. The maximum absolute atomic E-state index is 6.68. The zero-order valence-electron chi connectivity index (χ0n) is 4.19. The fraction of sp³-hybridized carbons (Fsp3) is 0. The maximum Gasteiger partial charge on any atom is 0.212 e. The first-order valence-electron chi connectivity index (χ1n) is 2.06. The van der Waals surface area contributed by atoms with E-state index in [4.69, 9.17) is 6.57 Å². The van der Waals surface area contributed by atoms with Crippen molar-refractivity contribution in [1.82, 2.24) is 0 Å². The van der Waals surface area contributed by atoms with Crippen molar-refractivity contribution < 1.29 is 0 Å². The minimum absolute atomic E-state index is 0.673. The molecule has 1 aromatic heterocycles. The van der Waals surface area contributed by atoms with Gasteiger partial charge in [0.15, 0.2) is 0 Å². The zero-order valence-corrected chi connectivity index (χ0v) is 8.18. The topological polar surface area (TPSA) is 4.36 Å². The summed E-state index contributed by atoms with van der Waals surface area (Å²) < 4.78 is 1.88. The second kappa shape index (κ2) is 2.82. The van der Waals surface area contributed by atoms with E-state index in [0.717, 1.165) is 7.57 Å². The van der Waals surface area contributed by atoms with Gasteiger partial charge in [-0.3, -0.25) is 0 Å². The molecule has 0 aliphatic carbocycles. The average Bonchev–Trinajstić information content (AvgIpc) is 2.10. The van der Waals surface area contributed by atoms with Crippen LogP contribution in [0.1, 0.15) is 0 Å². The summed E-state index contributed by atoms with van der Waals surface area (Å²) in [7, 11) is 0. The molecule has 0 saturated heterocycles. The molecular weight excluding hydrogens is 266 g/mol. The Labute approximate surface area is 73.8 Å². The van der Waals surface area contributed by atoms with Crippen LogP contribution in [0.15, 0.2) is 13.6 Å². The van der Waals surface area contributed by atoms with E-state index < -0.39 is 0 Å². The average molecular weight is 267 g/mol. The van der Waals surface area contributed by atoms with Crippen molar-refractivity contribution in [3.8, 4) is 0 Å². The molecule has 46 valence electrons. The molecule has 0 aliphatic heterocycles. The molecular formula is C5HBr2NS. The highest BCUT2D eigenvalue weighted by atomic mass is 79.9. The highest BCUT2D eigenvalue weighted by Crippen LogP contribution is 2.37. The summed E-state index contributed by atoms with van der Waals surface area (Å²) in [5, 5.41) is 0. The molecule has 0 bridgehead atoms. The molecule has 0 aromatic carbocycles. The highest BCUT2D eigenvalue weighted by molar-refractivity contribution is 9.12. The van der Waals surface area contributed by atoms with Crippen molar-refractivity contribution in [3.05, 3.63) is 25.1 Å². The van der Waals surface area contributed by atoms with E-state index in [9.17, 15) is 0 Å². The molecule has 0 fully saturated rings. The molecule has 0 unspecified atom stereocenters. The number of halogens is 2. The molecule has 1 rings (SSSR count). The van der Waals surface area contributed by atoms with Crippen LogP contribution in [0, 0.1) is 6.57 Å². The Morgan fingerprint density at radius 3 is 2.44 bits per heavy atom. The molecule has 0 saturated carbocycles. The van der Waals surface area contributed by atoms with Gasteiger partial charge in [-0.2, -0.15) is 0 Å². The lowest BCUT2D eigenvalue weighted by atomic mass is 10.6. The lowest BCUT2D eigenvalue weighted by Gasteiger charge is -1.74. The van der Waals surface area contributed by atoms with Crippen LogP contribution < -0.4 is 0 Å². The quantitative estimate of drug-likeness (QED) is 0.629. The first kappa shape index (κ1) is 7.26. The van der Waals surface area contributed by atoms with Gasteiger partial charge in [-0.1, -0.05) is 15.9 Å². The summed E-state index contributed by atoms with van der Waals surface area (Å²) in [6.07, 6.45) is 0. The summed E-state index contributed by atoms with van der Waals surface area (Å²) in [4.78, 5) is 3.27. The number of hydrogen-bond acceptors (Lipinski definition) is 1. The molecule has 1 nitrogen and oxygen atoms in total. The van der Waals surface area contributed by atoms with Crippen LogP contribution in [0.5, 0.6) is 0 Å². The van der Waals surface area contributed by atoms with Crippen LogP contribution in [0.3, 0.4) is 0 Å². The fourth-order valence-electron chi connectivity index (χ4n) is 0.408. The van der Waals surface area contributed by atoms with Crippen LogP contribution in [-0.4, -0.2) is 0 Å². The SMILES string of the molecule is [C-]#[N+]c1cc(Br)sc1Br. The van der Waals surface area contributed by atoms with Crippen molar-refractivity contribution in [2.75, 3.05) is 0 Å². The summed E-state index contributed by atoms with van der Waals surface area (Å²) >= 11 is 8.03. The lowest BCUT2D eigenvalue weighted by Crippen LogP contribution is -1.43. The molecule has 1 heterocycles. The van der Waals surface area contributed by atoms with Crippen molar-refractivity contribution in [2.45, 2.75) is 0 Å². The van der Waals surface area contributed by atoms with Gasteiger partial charge >= 0.3 is 0 Å². The Bertz CT molecular complexity index is 260. The molecule has 0 N–H and O–H groups in total.